The average Bonchev–Trinajstić information content (AvgIpc) is 2.49. The van der Waals surface area contributed by atoms with E-state index in [0.29, 0.717) is 11.4 Å². The van der Waals surface area contributed by atoms with E-state index in [1.54, 1.807) is 6.07 Å². The standard InChI is InChI=1S/C9H10N2O2/c1-5(2)7-3-6(12)4-8-9(7)11-13-10-8/h3-5,12H,1-2H3. The third-order valence-corrected chi connectivity index (χ3v) is 2.00. The van der Waals surface area contributed by atoms with Gasteiger partial charge in [0.2, 0.25) is 0 Å². The summed E-state index contributed by atoms with van der Waals surface area (Å²) in [4.78, 5) is 0. The minimum Gasteiger partial charge on any atom is -0.508 e. The molecule has 0 radical (unpaired) electrons. The number of benzene rings is 1. The van der Waals surface area contributed by atoms with E-state index in [1.165, 1.54) is 6.07 Å². The monoisotopic (exact) mass is 178 g/mol. The molecule has 68 valence electrons. The number of nitrogens with zero attached hydrogens (tertiary/aromatic N) is 2. The van der Waals surface area contributed by atoms with Crippen LogP contribution < -0.4 is 0 Å². The predicted octanol–water partition coefficient (Wildman–Crippen LogP) is 2.05. The second-order valence-electron chi connectivity index (χ2n) is 3.32. The van der Waals surface area contributed by atoms with Crippen LogP contribution in [0.4, 0.5) is 0 Å². The van der Waals surface area contributed by atoms with Crippen LogP contribution in [0.15, 0.2) is 16.8 Å². The van der Waals surface area contributed by atoms with Gasteiger partial charge in [-0.05, 0) is 27.9 Å². The summed E-state index contributed by atoms with van der Waals surface area (Å²) in [6, 6.07) is 3.23. The van der Waals surface area contributed by atoms with Crippen LogP contribution in [-0.4, -0.2) is 15.4 Å². The first-order valence-electron chi connectivity index (χ1n) is 4.13. The van der Waals surface area contributed by atoms with Crippen molar-refractivity contribution in [3.63, 3.8) is 0 Å². The van der Waals surface area contributed by atoms with Gasteiger partial charge in [-0.25, -0.2) is 4.63 Å². The number of hydrogen-bond acceptors (Lipinski definition) is 4. The Kier molecular flexibility index (Phi) is 1.69. The van der Waals surface area contributed by atoms with Crippen molar-refractivity contribution in [1.29, 1.82) is 0 Å². The molecule has 0 atom stereocenters. The molecular formula is C9H10N2O2. The van der Waals surface area contributed by atoms with Gasteiger partial charge in [-0.3, -0.25) is 0 Å². The highest BCUT2D eigenvalue weighted by molar-refractivity contribution is 5.79. The van der Waals surface area contributed by atoms with Crippen molar-refractivity contribution in [2.45, 2.75) is 19.8 Å². The van der Waals surface area contributed by atoms with E-state index in [-0.39, 0.29) is 5.75 Å². The molecule has 0 saturated carbocycles. The first-order chi connectivity index (χ1) is 6.18. The van der Waals surface area contributed by atoms with Gasteiger partial charge in [0, 0.05) is 6.07 Å². The van der Waals surface area contributed by atoms with Gasteiger partial charge in [0.05, 0.1) is 0 Å². The first-order valence-corrected chi connectivity index (χ1v) is 4.13. The maximum atomic E-state index is 9.37. The summed E-state index contributed by atoms with van der Waals surface area (Å²) >= 11 is 0. The lowest BCUT2D eigenvalue weighted by Gasteiger charge is -2.04. The van der Waals surface area contributed by atoms with Gasteiger partial charge in [-0.2, -0.15) is 0 Å². The molecular weight excluding hydrogens is 168 g/mol. The SMILES string of the molecule is CC(C)c1cc(O)cc2nonc12. The van der Waals surface area contributed by atoms with Crippen molar-refractivity contribution < 1.29 is 9.74 Å². The number of rotatable bonds is 1. The lowest BCUT2D eigenvalue weighted by molar-refractivity contribution is 0.315. The zero-order chi connectivity index (χ0) is 9.42. The van der Waals surface area contributed by atoms with Gasteiger partial charge in [0.1, 0.15) is 16.8 Å². The smallest absolute Gasteiger partial charge is 0.139 e. The number of aromatic hydroxyl groups is 1. The van der Waals surface area contributed by atoms with Crippen LogP contribution in [0.5, 0.6) is 5.75 Å². The number of aromatic nitrogens is 2. The van der Waals surface area contributed by atoms with Crippen molar-refractivity contribution in [2.24, 2.45) is 0 Å². The highest BCUT2D eigenvalue weighted by atomic mass is 16.6. The highest BCUT2D eigenvalue weighted by Gasteiger charge is 2.11. The Bertz CT molecular complexity index is 434. The van der Waals surface area contributed by atoms with Crippen molar-refractivity contribution in [2.75, 3.05) is 0 Å². The van der Waals surface area contributed by atoms with Crippen LogP contribution >= 0.6 is 0 Å². The van der Waals surface area contributed by atoms with Crippen molar-refractivity contribution in [3.05, 3.63) is 17.7 Å². The summed E-state index contributed by atoms with van der Waals surface area (Å²) in [6.07, 6.45) is 0. The molecule has 0 spiro atoms. The molecule has 2 aromatic rings. The molecule has 1 aromatic heterocycles. The minimum absolute atomic E-state index is 0.201. The summed E-state index contributed by atoms with van der Waals surface area (Å²) in [5.41, 5.74) is 2.28. The maximum absolute atomic E-state index is 9.37. The Hall–Kier alpha value is -1.58. The second kappa shape index (κ2) is 2.73. The molecule has 0 aliphatic carbocycles. The molecule has 1 N–H and O–H groups in total. The fourth-order valence-corrected chi connectivity index (χ4v) is 1.34. The summed E-state index contributed by atoms with van der Waals surface area (Å²) in [5.74, 6) is 0.494. The topological polar surface area (TPSA) is 59.2 Å². The minimum atomic E-state index is 0.201. The molecule has 0 bridgehead atoms. The van der Waals surface area contributed by atoms with E-state index >= 15 is 0 Å². The van der Waals surface area contributed by atoms with E-state index < -0.39 is 0 Å². The van der Waals surface area contributed by atoms with E-state index in [4.69, 9.17) is 0 Å². The third-order valence-electron chi connectivity index (χ3n) is 2.00. The first kappa shape index (κ1) is 8.04. The van der Waals surface area contributed by atoms with Crippen LogP contribution in [0.1, 0.15) is 25.3 Å². The predicted molar refractivity (Wildman–Crippen MR) is 47.6 cm³/mol. The Morgan fingerprint density at radius 3 is 2.77 bits per heavy atom. The fraction of sp³-hybridized carbons (Fsp3) is 0.333. The number of phenols is 1. The Balaban J connectivity index is 2.77. The second-order valence-corrected chi connectivity index (χ2v) is 3.32. The normalized spacial score (nSPS) is 11.3. The summed E-state index contributed by atoms with van der Waals surface area (Å²) in [5, 5.41) is 16.8. The van der Waals surface area contributed by atoms with Crippen molar-refractivity contribution >= 4 is 11.0 Å². The maximum Gasteiger partial charge on any atom is 0.139 e. The zero-order valence-corrected chi connectivity index (χ0v) is 7.48. The van der Waals surface area contributed by atoms with Gasteiger partial charge in [-0.1, -0.05) is 13.8 Å². The summed E-state index contributed by atoms with van der Waals surface area (Å²) in [7, 11) is 0. The lowest BCUT2D eigenvalue weighted by Crippen LogP contribution is -1.88. The molecule has 0 saturated heterocycles. The Morgan fingerprint density at radius 1 is 1.31 bits per heavy atom. The lowest BCUT2D eigenvalue weighted by atomic mass is 10.0. The molecule has 0 fully saturated rings. The molecule has 4 nitrogen and oxygen atoms in total. The largest absolute Gasteiger partial charge is 0.508 e. The van der Waals surface area contributed by atoms with Crippen molar-refractivity contribution in [1.82, 2.24) is 10.3 Å². The number of hydrogen-bond donors (Lipinski definition) is 1. The Morgan fingerprint density at radius 2 is 2.08 bits per heavy atom. The zero-order valence-electron chi connectivity index (χ0n) is 7.48. The number of phenolic OH excluding ortho intramolecular Hbond substituents is 1. The number of fused-ring (bicyclic) bond motifs is 1. The third kappa shape index (κ3) is 1.24. The highest BCUT2D eigenvalue weighted by Crippen LogP contribution is 2.27. The molecule has 0 aliphatic rings. The van der Waals surface area contributed by atoms with Crippen LogP contribution in [-0.2, 0) is 0 Å². The van der Waals surface area contributed by atoms with E-state index in [1.807, 2.05) is 13.8 Å². The van der Waals surface area contributed by atoms with Gasteiger partial charge >= 0.3 is 0 Å². The molecule has 4 heteroatoms. The van der Waals surface area contributed by atoms with Crippen LogP contribution in [0.25, 0.3) is 11.0 Å². The van der Waals surface area contributed by atoms with Gasteiger partial charge in [-0.15, -0.1) is 0 Å². The van der Waals surface area contributed by atoms with E-state index in [2.05, 4.69) is 14.9 Å². The molecule has 0 amide bonds. The molecule has 2 rings (SSSR count). The molecule has 1 heterocycles. The molecule has 1 aromatic carbocycles. The quantitative estimate of drug-likeness (QED) is 0.726. The average molecular weight is 178 g/mol. The van der Waals surface area contributed by atoms with Crippen molar-refractivity contribution in [3.8, 4) is 5.75 Å². The van der Waals surface area contributed by atoms with Gasteiger partial charge in [0.25, 0.3) is 0 Å². The van der Waals surface area contributed by atoms with Gasteiger partial charge < -0.3 is 5.11 Å². The fourth-order valence-electron chi connectivity index (χ4n) is 1.34. The van der Waals surface area contributed by atoms with Crippen LogP contribution in [0, 0.1) is 0 Å². The summed E-state index contributed by atoms with van der Waals surface area (Å²) in [6.45, 7) is 4.06. The van der Waals surface area contributed by atoms with Crippen LogP contribution in [0.2, 0.25) is 0 Å². The van der Waals surface area contributed by atoms with E-state index in [9.17, 15) is 5.11 Å². The Labute approximate surface area is 75.1 Å². The van der Waals surface area contributed by atoms with Crippen LogP contribution in [0.3, 0.4) is 0 Å². The summed E-state index contributed by atoms with van der Waals surface area (Å²) < 4.78 is 4.60. The molecule has 0 unspecified atom stereocenters. The van der Waals surface area contributed by atoms with Gasteiger partial charge in [0.15, 0.2) is 0 Å². The molecule has 13 heavy (non-hydrogen) atoms. The molecule has 0 aliphatic heterocycles. The van der Waals surface area contributed by atoms with E-state index in [0.717, 1.165) is 11.1 Å².